The first kappa shape index (κ1) is 27.0. The Morgan fingerprint density at radius 3 is 2.80 bits per heavy atom. The van der Waals surface area contributed by atoms with Gasteiger partial charge in [0.05, 0.1) is 24.9 Å². The van der Waals surface area contributed by atoms with Crippen LogP contribution in [0.5, 0.6) is 17.6 Å². The molecule has 40 heavy (non-hydrogen) atoms. The summed E-state index contributed by atoms with van der Waals surface area (Å²) in [6.07, 6.45) is 2.82. The molecule has 2 fully saturated rings. The predicted octanol–water partition coefficient (Wildman–Crippen LogP) is 4.84. The summed E-state index contributed by atoms with van der Waals surface area (Å²) in [6.45, 7) is 4.93. The number of anilines is 1. The minimum Gasteiger partial charge on any atom is -0.481 e. The van der Waals surface area contributed by atoms with E-state index in [4.69, 9.17) is 23.9 Å². The number of halogens is 2. The number of methoxy groups -OCH3 is 2. The van der Waals surface area contributed by atoms with Crippen LogP contribution in [0, 0.1) is 5.82 Å². The molecule has 3 aromatic rings. The fraction of sp³-hybridized carbons (Fsp3) is 0.533. The molecule has 3 aliphatic heterocycles. The minimum atomic E-state index is -0.826. The maximum absolute atomic E-state index is 14.9. The quantitative estimate of drug-likeness (QED) is 0.348. The Morgan fingerprint density at radius 2 is 2.00 bits per heavy atom. The van der Waals surface area contributed by atoms with E-state index < -0.39 is 6.17 Å². The van der Waals surface area contributed by atoms with Crippen molar-refractivity contribution in [1.29, 1.82) is 0 Å². The largest absolute Gasteiger partial charge is 0.481 e. The van der Waals surface area contributed by atoms with E-state index >= 15 is 0 Å². The van der Waals surface area contributed by atoms with Gasteiger partial charge >= 0.3 is 6.01 Å². The first-order valence-electron chi connectivity index (χ1n) is 14.0. The molecule has 0 amide bonds. The Labute approximate surface area is 233 Å². The van der Waals surface area contributed by atoms with Gasteiger partial charge in [0, 0.05) is 49.3 Å². The van der Waals surface area contributed by atoms with Gasteiger partial charge in [-0.15, -0.1) is 0 Å². The van der Waals surface area contributed by atoms with Gasteiger partial charge in [-0.3, -0.25) is 4.90 Å². The molecule has 4 heterocycles. The molecule has 0 unspecified atom stereocenters. The van der Waals surface area contributed by atoms with E-state index in [1.807, 2.05) is 19.1 Å². The van der Waals surface area contributed by atoms with E-state index in [0.29, 0.717) is 62.7 Å². The highest BCUT2D eigenvalue weighted by Crippen LogP contribution is 2.41. The number of aryl methyl sites for hydroxylation is 1. The summed E-state index contributed by atoms with van der Waals surface area (Å²) in [4.78, 5) is 13.8. The molecule has 0 spiro atoms. The van der Waals surface area contributed by atoms with Gasteiger partial charge in [0.15, 0.2) is 6.79 Å². The topological polar surface area (TPSA) is 69.2 Å². The number of hydrogen-bond donors (Lipinski definition) is 0. The van der Waals surface area contributed by atoms with Crippen molar-refractivity contribution in [3.63, 3.8) is 0 Å². The van der Waals surface area contributed by atoms with E-state index in [0.717, 1.165) is 47.1 Å². The van der Waals surface area contributed by atoms with Crippen LogP contribution < -0.4 is 19.1 Å². The highest BCUT2D eigenvalue weighted by molar-refractivity contribution is 5.98. The van der Waals surface area contributed by atoms with Crippen molar-refractivity contribution in [3.8, 4) is 17.6 Å². The first-order chi connectivity index (χ1) is 19.4. The van der Waals surface area contributed by atoms with E-state index in [9.17, 15) is 8.78 Å². The Kier molecular flexibility index (Phi) is 7.39. The van der Waals surface area contributed by atoms with Crippen molar-refractivity contribution < 1.29 is 27.7 Å². The first-order valence-corrected chi connectivity index (χ1v) is 14.0. The predicted molar refractivity (Wildman–Crippen MR) is 148 cm³/mol. The summed E-state index contributed by atoms with van der Waals surface area (Å²) in [5, 5.41) is 1.77. The monoisotopic (exact) mass is 554 g/mol. The lowest BCUT2D eigenvalue weighted by atomic mass is 9.95. The van der Waals surface area contributed by atoms with Crippen molar-refractivity contribution >= 4 is 16.5 Å². The molecule has 214 valence electrons. The molecule has 10 heteroatoms. The summed E-state index contributed by atoms with van der Waals surface area (Å²) in [6, 6.07) is 7.41. The lowest BCUT2D eigenvalue weighted by Gasteiger charge is -2.33. The summed E-state index contributed by atoms with van der Waals surface area (Å²) < 4.78 is 51.9. The summed E-state index contributed by atoms with van der Waals surface area (Å²) in [7, 11) is 3.18. The fourth-order valence-electron chi connectivity index (χ4n) is 6.73. The second-order valence-corrected chi connectivity index (χ2v) is 10.9. The van der Waals surface area contributed by atoms with Gasteiger partial charge in [-0.2, -0.15) is 9.97 Å². The van der Waals surface area contributed by atoms with Crippen LogP contribution in [-0.2, 0) is 24.1 Å². The zero-order chi connectivity index (χ0) is 27.9. The third-order valence-electron chi connectivity index (χ3n) is 8.59. The number of fused-ring (bicyclic) bond motifs is 3. The molecule has 8 nitrogen and oxygen atoms in total. The molecule has 6 rings (SSSR count). The van der Waals surface area contributed by atoms with E-state index in [1.54, 1.807) is 20.3 Å². The SMILES string of the molecule is CCc1c(F)ccc2cc(OCOC)cc(N3CCc4c(nc(OC[C@@]56CCCN5C[C@H](F)C6)nc4OC)C3)c12. The third kappa shape index (κ3) is 4.81. The van der Waals surface area contributed by atoms with Crippen molar-refractivity contribution in [2.24, 2.45) is 0 Å². The average molecular weight is 555 g/mol. The molecule has 0 N–H and O–H groups in total. The second-order valence-electron chi connectivity index (χ2n) is 10.9. The molecule has 0 saturated carbocycles. The Hall–Kier alpha value is -3.24. The van der Waals surface area contributed by atoms with Crippen LogP contribution in [-0.4, -0.2) is 73.8 Å². The van der Waals surface area contributed by atoms with Crippen molar-refractivity contribution in [2.75, 3.05) is 52.2 Å². The Morgan fingerprint density at radius 1 is 1.12 bits per heavy atom. The smallest absolute Gasteiger partial charge is 0.320 e. The number of aromatic nitrogens is 2. The average Bonchev–Trinajstić information content (AvgIpc) is 3.49. The van der Waals surface area contributed by atoms with Crippen LogP contribution in [0.2, 0.25) is 0 Å². The van der Waals surface area contributed by atoms with E-state index in [2.05, 4.69) is 14.8 Å². The number of hydrogen-bond acceptors (Lipinski definition) is 8. The molecular formula is C30H36F2N4O4. The highest BCUT2D eigenvalue weighted by atomic mass is 19.1. The number of benzene rings is 2. The number of alkyl halides is 1. The number of rotatable bonds is 9. The molecule has 3 aliphatic rings. The van der Waals surface area contributed by atoms with Gasteiger partial charge in [-0.1, -0.05) is 13.0 Å². The zero-order valence-corrected chi connectivity index (χ0v) is 23.3. The molecule has 0 bridgehead atoms. The molecule has 2 saturated heterocycles. The van der Waals surface area contributed by atoms with Gasteiger partial charge in [-0.25, -0.2) is 8.78 Å². The minimum absolute atomic E-state index is 0.114. The molecule has 0 radical (unpaired) electrons. The molecule has 1 aromatic heterocycles. The summed E-state index contributed by atoms with van der Waals surface area (Å²) in [5.41, 5.74) is 3.00. The normalized spacial score (nSPS) is 22.4. The van der Waals surface area contributed by atoms with Gasteiger partial charge in [-0.05, 0) is 55.3 Å². The van der Waals surface area contributed by atoms with Crippen LogP contribution in [0.3, 0.4) is 0 Å². The van der Waals surface area contributed by atoms with E-state index in [-0.39, 0.29) is 24.2 Å². The molecule has 0 aliphatic carbocycles. The van der Waals surface area contributed by atoms with Crippen LogP contribution in [0.4, 0.5) is 14.5 Å². The van der Waals surface area contributed by atoms with Gasteiger partial charge in [0.2, 0.25) is 5.88 Å². The fourth-order valence-corrected chi connectivity index (χ4v) is 6.73. The number of ether oxygens (including phenoxy) is 4. The van der Waals surface area contributed by atoms with Crippen LogP contribution >= 0.6 is 0 Å². The van der Waals surface area contributed by atoms with Gasteiger partial charge in [0.1, 0.15) is 24.3 Å². The maximum Gasteiger partial charge on any atom is 0.320 e. The lowest BCUT2D eigenvalue weighted by molar-refractivity contribution is 0.0512. The van der Waals surface area contributed by atoms with E-state index in [1.165, 1.54) is 6.07 Å². The van der Waals surface area contributed by atoms with Crippen LogP contribution in [0.25, 0.3) is 10.8 Å². The molecule has 2 aromatic carbocycles. The van der Waals surface area contributed by atoms with Crippen molar-refractivity contribution in [3.05, 3.63) is 46.9 Å². The second kappa shape index (κ2) is 11.0. The summed E-state index contributed by atoms with van der Waals surface area (Å²) in [5.74, 6) is 0.926. The van der Waals surface area contributed by atoms with Crippen LogP contribution in [0.15, 0.2) is 24.3 Å². The number of nitrogens with zero attached hydrogens (tertiary/aromatic N) is 4. The molecule has 2 atom stereocenters. The third-order valence-corrected chi connectivity index (χ3v) is 8.59. The standard InChI is InChI=1S/C30H36F2N4O4/c1-4-22-24(32)7-6-19-12-21(40-18-37-2)13-26(27(19)22)35-11-8-23-25(16-35)33-29(34-28(23)38-3)39-17-30-9-5-10-36(30)15-20(31)14-30/h6-7,12-13,20H,4-5,8-11,14-18H2,1-3H3/t20-,30+/m1/s1. The Balaban J connectivity index is 1.33. The Bertz CT molecular complexity index is 1410. The highest BCUT2D eigenvalue weighted by Gasteiger charge is 2.49. The zero-order valence-electron chi connectivity index (χ0n) is 23.3. The lowest BCUT2D eigenvalue weighted by Crippen LogP contribution is -2.43. The van der Waals surface area contributed by atoms with Crippen LogP contribution in [0.1, 0.15) is 43.0 Å². The van der Waals surface area contributed by atoms with Crippen molar-refractivity contribution in [2.45, 2.75) is 57.3 Å². The summed E-state index contributed by atoms with van der Waals surface area (Å²) >= 11 is 0. The maximum atomic E-state index is 14.9. The molecular weight excluding hydrogens is 518 g/mol. The van der Waals surface area contributed by atoms with Gasteiger partial charge < -0.3 is 23.8 Å². The van der Waals surface area contributed by atoms with Gasteiger partial charge in [0.25, 0.3) is 0 Å². The van der Waals surface area contributed by atoms with Crippen molar-refractivity contribution in [1.82, 2.24) is 14.9 Å².